The summed E-state index contributed by atoms with van der Waals surface area (Å²) in [6.07, 6.45) is 4.25. The van der Waals surface area contributed by atoms with Crippen LogP contribution in [0, 0.1) is 5.41 Å². The summed E-state index contributed by atoms with van der Waals surface area (Å²) in [7, 11) is 0. The Balaban J connectivity index is 2.08. The third-order valence-electron chi connectivity index (χ3n) is 3.56. The molecule has 1 saturated carbocycles. The molecule has 13 heavy (non-hydrogen) atoms. The van der Waals surface area contributed by atoms with Crippen LogP contribution in [0.4, 0.5) is 0 Å². The Kier molecular flexibility index (Phi) is 2.63. The fourth-order valence-corrected chi connectivity index (χ4v) is 4.49. The van der Waals surface area contributed by atoms with Crippen LogP contribution in [0.1, 0.15) is 40.0 Å². The lowest BCUT2D eigenvalue weighted by Gasteiger charge is -2.48. The van der Waals surface area contributed by atoms with Crippen LogP contribution in [0.25, 0.3) is 0 Å². The number of thioether (sulfide) groups is 1. The minimum atomic E-state index is 0.524. The average molecular weight is 199 g/mol. The van der Waals surface area contributed by atoms with Crippen LogP contribution in [-0.2, 0) is 0 Å². The van der Waals surface area contributed by atoms with Crippen molar-refractivity contribution < 1.29 is 0 Å². The summed E-state index contributed by atoms with van der Waals surface area (Å²) >= 11 is 2.21. The van der Waals surface area contributed by atoms with E-state index in [2.05, 4.69) is 37.8 Å². The molecule has 1 N–H and O–H groups in total. The molecule has 0 bridgehead atoms. The molecule has 0 radical (unpaired) electrons. The average Bonchev–Trinajstić information content (AvgIpc) is 2.02. The van der Waals surface area contributed by atoms with Gasteiger partial charge in [-0.2, -0.15) is 11.8 Å². The third kappa shape index (κ3) is 1.89. The molecule has 0 aromatic heterocycles. The minimum Gasteiger partial charge on any atom is -0.311 e. The standard InChI is InChI=1S/C11H21NS/c1-8-7-12-10-9(13-8)5-4-6-11(10,2)3/h8-10,12H,4-7H2,1-3H3. The van der Waals surface area contributed by atoms with Crippen molar-refractivity contribution in [1.82, 2.24) is 5.32 Å². The highest BCUT2D eigenvalue weighted by molar-refractivity contribution is 8.00. The Morgan fingerprint density at radius 2 is 2.15 bits per heavy atom. The zero-order valence-corrected chi connectivity index (χ0v) is 9.79. The van der Waals surface area contributed by atoms with Crippen LogP contribution >= 0.6 is 11.8 Å². The second-order valence-electron chi connectivity index (χ2n) is 5.25. The molecule has 2 aliphatic rings. The first-order valence-corrected chi connectivity index (χ1v) is 6.43. The molecule has 1 heterocycles. The van der Waals surface area contributed by atoms with Gasteiger partial charge in [0.05, 0.1) is 0 Å². The Labute approximate surface area is 86.0 Å². The fraction of sp³-hybridized carbons (Fsp3) is 1.00. The van der Waals surface area contributed by atoms with E-state index in [1.807, 2.05) is 0 Å². The van der Waals surface area contributed by atoms with Gasteiger partial charge in [-0.25, -0.2) is 0 Å². The van der Waals surface area contributed by atoms with Gasteiger partial charge in [-0.3, -0.25) is 0 Å². The molecule has 1 aliphatic heterocycles. The molecule has 2 fully saturated rings. The van der Waals surface area contributed by atoms with E-state index in [-0.39, 0.29) is 0 Å². The summed E-state index contributed by atoms with van der Waals surface area (Å²) in [5.41, 5.74) is 0.524. The summed E-state index contributed by atoms with van der Waals surface area (Å²) in [6.45, 7) is 8.39. The first-order valence-electron chi connectivity index (χ1n) is 5.48. The van der Waals surface area contributed by atoms with Crippen molar-refractivity contribution in [2.45, 2.75) is 56.6 Å². The maximum atomic E-state index is 3.74. The van der Waals surface area contributed by atoms with Crippen molar-refractivity contribution >= 4 is 11.8 Å². The molecule has 0 aromatic rings. The van der Waals surface area contributed by atoms with Gasteiger partial charge < -0.3 is 5.32 Å². The quantitative estimate of drug-likeness (QED) is 0.644. The van der Waals surface area contributed by atoms with Gasteiger partial charge in [-0.1, -0.05) is 27.2 Å². The van der Waals surface area contributed by atoms with Gasteiger partial charge in [0.2, 0.25) is 0 Å². The number of fused-ring (bicyclic) bond motifs is 1. The van der Waals surface area contributed by atoms with Crippen molar-refractivity contribution in [3.8, 4) is 0 Å². The van der Waals surface area contributed by atoms with E-state index < -0.39 is 0 Å². The lowest BCUT2D eigenvalue weighted by atomic mass is 9.73. The summed E-state index contributed by atoms with van der Waals surface area (Å²) in [6, 6.07) is 0.766. The van der Waals surface area contributed by atoms with Crippen molar-refractivity contribution in [1.29, 1.82) is 0 Å². The zero-order valence-electron chi connectivity index (χ0n) is 8.97. The molecule has 76 valence electrons. The maximum absolute atomic E-state index is 3.74. The van der Waals surface area contributed by atoms with Crippen LogP contribution in [-0.4, -0.2) is 23.1 Å². The van der Waals surface area contributed by atoms with Gasteiger partial charge >= 0.3 is 0 Å². The predicted molar refractivity (Wildman–Crippen MR) is 60.3 cm³/mol. The number of hydrogen-bond acceptors (Lipinski definition) is 2. The molecule has 3 atom stereocenters. The van der Waals surface area contributed by atoms with Crippen molar-refractivity contribution in [2.24, 2.45) is 5.41 Å². The smallest absolute Gasteiger partial charge is 0.0238 e. The number of hydrogen-bond donors (Lipinski definition) is 1. The van der Waals surface area contributed by atoms with Crippen LogP contribution in [0.15, 0.2) is 0 Å². The van der Waals surface area contributed by atoms with Crippen molar-refractivity contribution in [3.05, 3.63) is 0 Å². The Morgan fingerprint density at radius 1 is 1.38 bits per heavy atom. The van der Waals surface area contributed by atoms with E-state index >= 15 is 0 Å². The third-order valence-corrected chi connectivity index (χ3v) is 5.04. The topological polar surface area (TPSA) is 12.0 Å². The SMILES string of the molecule is CC1CNC2C(CCCC2(C)C)S1. The highest BCUT2D eigenvalue weighted by Gasteiger charge is 2.41. The highest BCUT2D eigenvalue weighted by Crippen LogP contribution is 2.43. The Hall–Kier alpha value is 0.310. The number of rotatable bonds is 0. The van der Waals surface area contributed by atoms with Gasteiger partial charge in [-0.15, -0.1) is 0 Å². The first-order chi connectivity index (χ1) is 6.09. The second-order valence-corrected chi connectivity index (χ2v) is 6.93. The molecule has 0 aromatic carbocycles. The molecule has 2 rings (SSSR count). The van der Waals surface area contributed by atoms with Crippen LogP contribution in [0.2, 0.25) is 0 Å². The van der Waals surface area contributed by atoms with Gasteiger partial charge in [0.1, 0.15) is 0 Å². The molecule has 1 saturated heterocycles. The van der Waals surface area contributed by atoms with Gasteiger partial charge in [0.25, 0.3) is 0 Å². The highest BCUT2D eigenvalue weighted by atomic mass is 32.2. The zero-order chi connectivity index (χ0) is 9.47. The van der Waals surface area contributed by atoms with E-state index in [1.54, 1.807) is 0 Å². The molecule has 3 unspecified atom stereocenters. The fourth-order valence-electron chi connectivity index (χ4n) is 2.78. The normalized spacial score (nSPS) is 44.1. The van der Waals surface area contributed by atoms with Crippen LogP contribution in [0.5, 0.6) is 0 Å². The Bertz CT molecular complexity index is 191. The van der Waals surface area contributed by atoms with E-state index in [0.29, 0.717) is 5.41 Å². The first kappa shape index (κ1) is 9.85. The van der Waals surface area contributed by atoms with Gasteiger partial charge in [0, 0.05) is 23.1 Å². The van der Waals surface area contributed by atoms with Gasteiger partial charge in [-0.05, 0) is 18.3 Å². The maximum Gasteiger partial charge on any atom is 0.0238 e. The number of nitrogens with one attached hydrogen (secondary N) is 1. The van der Waals surface area contributed by atoms with Crippen molar-refractivity contribution in [3.63, 3.8) is 0 Å². The molecule has 1 nitrogen and oxygen atoms in total. The molecular weight excluding hydrogens is 178 g/mol. The van der Waals surface area contributed by atoms with Crippen LogP contribution < -0.4 is 5.32 Å². The Morgan fingerprint density at radius 3 is 2.92 bits per heavy atom. The van der Waals surface area contributed by atoms with E-state index in [1.165, 1.54) is 25.8 Å². The molecule has 2 heteroatoms. The second kappa shape index (κ2) is 3.47. The van der Waals surface area contributed by atoms with Crippen LogP contribution in [0.3, 0.4) is 0 Å². The predicted octanol–water partition coefficient (Wildman–Crippen LogP) is 2.66. The summed E-state index contributed by atoms with van der Waals surface area (Å²) in [5, 5.41) is 5.44. The van der Waals surface area contributed by atoms with E-state index in [4.69, 9.17) is 0 Å². The molecule has 0 amide bonds. The molecule has 1 aliphatic carbocycles. The van der Waals surface area contributed by atoms with E-state index in [9.17, 15) is 0 Å². The molecular formula is C11H21NS. The summed E-state index contributed by atoms with van der Waals surface area (Å²) < 4.78 is 0. The lowest BCUT2D eigenvalue weighted by molar-refractivity contribution is 0.170. The molecule has 0 spiro atoms. The van der Waals surface area contributed by atoms with Gasteiger partial charge in [0.15, 0.2) is 0 Å². The van der Waals surface area contributed by atoms with Crippen molar-refractivity contribution in [2.75, 3.05) is 6.54 Å². The van der Waals surface area contributed by atoms with E-state index in [0.717, 1.165) is 16.5 Å². The monoisotopic (exact) mass is 199 g/mol. The largest absolute Gasteiger partial charge is 0.311 e. The lowest BCUT2D eigenvalue weighted by Crippen LogP contribution is -2.56. The summed E-state index contributed by atoms with van der Waals surface area (Å²) in [5.74, 6) is 0. The summed E-state index contributed by atoms with van der Waals surface area (Å²) in [4.78, 5) is 0. The minimum absolute atomic E-state index is 0.524.